The van der Waals surface area contributed by atoms with Gasteiger partial charge in [0, 0.05) is 18.2 Å². The lowest BCUT2D eigenvalue weighted by molar-refractivity contribution is 0.121. The molecule has 2 atom stereocenters. The summed E-state index contributed by atoms with van der Waals surface area (Å²) in [5.74, 6) is 0.939. The summed E-state index contributed by atoms with van der Waals surface area (Å²) in [7, 11) is 0. The molecule has 2 N–H and O–H groups in total. The summed E-state index contributed by atoms with van der Waals surface area (Å²) >= 11 is 0. The van der Waals surface area contributed by atoms with Gasteiger partial charge in [-0.1, -0.05) is 24.3 Å². The van der Waals surface area contributed by atoms with Crippen molar-refractivity contribution in [2.75, 3.05) is 18.5 Å². The fraction of sp³-hybridized carbons (Fsp3) is 0.471. The minimum atomic E-state index is 0.0697. The number of anilines is 1. The molecule has 118 valence electrons. The van der Waals surface area contributed by atoms with E-state index in [2.05, 4.69) is 42.5 Å². The standard InChI is InChI=1S/C17H23N3O2/c1-12-5-3-4-6-14(12)16-11-17(20(19-16)8-9-21)18-15-7-10-22-13(15)2/h3-6,11,13,15,18,21H,7-10H2,1-2H3/t13-,15+/m0/s1. The van der Waals surface area contributed by atoms with Gasteiger partial charge in [0.25, 0.3) is 0 Å². The van der Waals surface area contributed by atoms with Gasteiger partial charge in [0.2, 0.25) is 0 Å². The van der Waals surface area contributed by atoms with E-state index in [1.807, 2.05) is 16.8 Å². The van der Waals surface area contributed by atoms with E-state index < -0.39 is 0 Å². The normalized spacial score (nSPS) is 21.2. The van der Waals surface area contributed by atoms with Crippen molar-refractivity contribution in [2.24, 2.45) is 0 Å². The second-order valence-corrected chi connectivity index (χ2v) is 5.79. The van der Waals surface area contributed by atoms with Crippen LogP contribution in [0.3, 0.4) is 0 Å². The maximum absolute atomic E-state index is 9.28. The highest BCUT2D eigenvalue weighted by molar-refractivity contribution is 5.66. The van der Waals surface area contributed by atoms with Gasteiger partial charge in [-0.25, -0.2) is 4.68 Å². The quantitative estimate of drug-likeness (QED) is 0.890. The number of nitrogens with zero attached hydrogens (tertiary/aromatic N) is 2. The third-order valence-electron chi connectivity index (χ3n) is 4.22. The van der Waals surface area contributed by atoms with Crippen molar-refractivity contribution in [1.29, 1.82) is 0 Å². The molecule has 0 saturated carbocycles. The molecule has 0 unspecified atom stereocenters. The molecule has 0 radical (unpaired) electrons. The first-order valence-electron chi connectivity index (χ1n) is 7.82. The smallest absolute Gasteiger partial charge is 0.125 e. The molecule has 22 heavy (non-hydrogen) atoms. The second kappa shape index (κ2) is 6.50. The number of hydrogen-bond donors (Lipinski definition) is 2. The van der Waals surface area contributed by atoms with Crippen LogP contribution in [0.5, 0.6) is 0 Å². The monoisotopic (exact) mass is 301 g/mol. The summed E-state index contributed by atoms with van der Waals surface area (Å²) < 4.78 is 7.45. The van der Waals surface area contributed by atoms with Gasteiger partial charge in [0.1, 0.15) is 5.82 Å². The molecule has 1 aromatic carbocycles. The predicted molar refractivity (Wildman–Crippen MR) is 86.9 cm³/mol. The van der Waals surface area contributed by atoms with Crippen molar-refractivity contribution in [3.8, 4) is 11.3 Å². The van der Waals surface area contributed by atoms with Gasteiger partial charge >= 0.3 is 0 Å². The first-order chi connectivity index (χ1) is 10.7. The third kappa shape index (κ3) is 3.00. The molecule has 1 fully saturated rings. The van der Waals surface area contributed by atoms with Gasteiger partial charge in [-0.2, -0.15) is 5.10 Å². The van der Waals surface area contributed by atoms with E-state index in [0.717, 1.165) is 30.1 Å². The largest absolute Gasteiger partial charge is 0.394 e. The molecule has 1 saturated heterocycles. The second-order valence-electron chi connectivity index (χ2n) is 5.79. The Bertz CT molecular complexity index is 639. The Balaban J connectivity index is 1.90. The number of hydrogen-bond acceptors (Lipinski definition) is 4. The highest BCUT2D eigenvalue weighted by atomic mass is 16.5. The van der Waals surface area contributed by atoms with E-state index in [4.69, 9.17) is 4.74 Å². The van der Waals surface area contributed by atoms with E-state index in [-0.39, 0.29) is 12.7 Å². The third-order valence-corrected chi connectivity index (χ3v) is 4.22. The van der Waals surface area contributed by atoms with Crippen LogP contribution in [0.2, 0.25) is 0 Å². The molecule has 0 bridgehead atoms. The summed E-state index contributed by atoms with van der Waals surface area (Å²) in [6.07, 6.45) is 1.19. The van der Waals surface area contributed by atoms with Crippen molar-refractivity contribution in [1.82, 2.24) is 9.78 Å². The number of aliphatic hydroxyl groups is 1. The molecule has 0 aliphatic carbocycles. The maximum Gasteiger partial charge on any atom is 0.125 e. The molecule has 0 spiro atoms. The molecule has 0 amide bonds. The minimum Gasteiger partial charge on any atom is -0.394 e. The van der Waals surface area contributed by atoms with Crippen LogP contribution in [0.4, 0.5) is 5.82 Å². The molecule has 1 aromatic heterocycles. The average molecular weight is 301 g/mol. The Morgan fingerprint density at radius 2 is 2.23 bits per heavy atom. The number of nitrogens with one attached hydrogen (secondary N) is 1. The van der Waals surface area contributed by atoms with Gasteiger partial charge in [-0.05, 0) is 25.8 Å². The number of aryl methyl sites for hydroxylation is 1. The zero-order chi connectivity index (χ0) is 15.5. The van der Waals surface area contributed by atoms with Crippen LogP contribution in [0.15, 0.2) is 30.3 Å². The molecule has 2 aromatic rings. The average Bonchev–Trinajstić information content (AvgIpc) is 3.08. The van der Waals surface area contributed by atoms with Gasteiger partial charge in [-0.15, -0.1) is 0 Å². The van der Waals surface area contributed by atoms with Crippen LogP contribution in [0.25, 0.3) is 11.3 Å². The van der Waals surface area contributed by atoms with E-state index in [1.165, 1.54) is 5.56 Å². The fourth-order valence-electron chi connectivity index (χ4n) is 2.90. The Morgan fingerprint density at radius 1 is 1.41 bits per heavy atom. The van der Waals surface area contributed by atoms with Crippen molar-refractivity contribution in [3.05, 3.63) is 35.9 Å². The first kappa shape index (κ1) is 15.1. The van der Waals surface area contributed by atoms with Crippen LogP contribution in [-0.2, 0) is 11.3 Å². The molecule has 5 heteroatoms. The molecular weight excluding hydrogens is 278 g/mol. The summed E-state index contributed by atoms with van der Waals surface area (Å²) in [4.78, 5) is 0. The number of rotatable bonds is 5. The van der Waals surface area contributed by atoms with Crippen LogP contribution < -0.4 is 5.32 Å². The summed E-state index contributed by atoms with van der Waals surface area (Å²) in [6.45, 7) is 5.51. The van der Waals surface area contributed by atoms with Crippen LogP contribution in [-0.4, -0.2) is 40.2 Å². The van der Waals surface area contributed by atoms with Gasteiger partial charge < -0.3 is 15.2 Å². The molecule has 1 aliphatic rings. The molecule has 3 rings (SSSR count). The lowest BCUT2D eigenvalue weighted by Crippen LogP contribution is -2.28. The Morgan fingerprint density at radius 3 is 2.91 bits per heavy atom. The topological polar surface area (TPSA) is 59.3 Å². The Labute approximate surface area is 130 Å². The number of aromatic nitrogens is 2. The molecular formula is C17H23N3O2. The summed E-state index contributed by atoms with van der Waals surface area (Å²) in [6, 6.07) is 10.6. The first-order valence-corrected chi connectivity index (χ1v) is 7.82. The van der Waals surface area contributed by atoms with E-state index in [1.54, 1.807) is 0 Å². The Kier molecular flexibility index (Phi) is 4.45. The van der Waals surface area contributed by atoms with E-state index in [0.29, 0.717) is 12.6 Å². The zero-order valence-electron chi connectivity index (χ0n) is 13.1. The fourth-order valence-corrected chi connectivity index (χ4v) is 2.90. The van der Waals surface area contributed by atoms with Gasteiger partial charge in [0.05, 0.1) is 31.0 Å². The van der Waals surface area contributed by atoms with Crippen LogP contribution in [0.1, 0.15) is 18.9 Å². The molecule has 1 aliphatic heterocycles. The zero-order valence-corrected chi connectivity index (χ0v) is 13.1. The SMILES string of the molecule is Cc1ccccc1-c1cc(N[C@@H]2CCO[C@H]2C)n(CCO)n1. The highest BCUT2D eigenvalue weighted by Gasteiger charge is 2.25. The minimum absolute atomic E-state index is 0.0697. The van der Waals surface area contributed by atoms with Gasteiger partial charge in [0.15, 0.2) is 0 Å². The lowest BCUT2D eigenvalue weighted by Gasteiger charge is -2.17. The number of benzene rings is 1. The van der Waals surface area contributed by atoms with Gasteiger partial charge in [-0.3, -0.25) is 0 Å². The van der Waals surface area contributed by atoms with Crippen LogP contribution in [0, 0.1) is 6.92 Å². The molecule has 2 heterocycles. The van der Waals surface area contributed by atoms with Crippen molar-refractivity contribution < 1.29 is 9.84 Å². The van der Waals surface area contributed by atoms with Crippen molar-refractivity contribution in [3.63, 3.8) is 0 Å². The van der Waals surface area contributed by atoms with Crippen molar-refractivity contribution in [2.45, 2.75) is 39.0 Å². The van der Waals surface area contributed by atoms with Crippen molar-refractivity contribution >= 4 is 5.82 Å². The Hall–Kier alpha value is -1.85. The predicted octanol–water partition coefficient (Wildman–Crippen LogP) is 2.44. The van der Waals surface area contributed by atoms with E-state index in [9.17, 15) is 5.11 Å². The highest BCUT2D eigenvalue weighted by Crippen LogP contribution is 2.26. The van der Waals surface area contributed by atoms with Crippen LogP contribution >= 0.6 is 0 Å². The summed E-state index contributed by atoms with van der Waals surface area (Å²) in [5.41, 5.74) is 3.25. The summed E-state index contributed by atoms with van der Waals surface area (Å²) in [5, 5.41) is 17.4. The van der Waals surface area contributed by atoms with E-state index >= 15 is 0 Å². The molecule has 5 nitrogen and oxygen atoms in total. The number of aliphatic hydroxyl groups excluding tert-OH is 1. The maximum atomic E-state index is 9.28. The number of ether oxygens (including phenoxy) is 1. The lowest BCUT2D eigenvalue weighted by atomic mass is 10.1.